The van der Waals surface area contributed by atoms with E-state index in [1.54, 1.807) is 4.90 Å². The SMILES string of the molecule is O=S(=O)(c1ccc(Cl)c(Cl)c1)C1CCN(c2ccc(C(F)(F)F)cn2)CC1. The van der Waals surface area contributed by atoms with Crippen LogP contribution in [0.1, 0.15) is 18.4 Å². The van der Waals surface area contributed by atoms with Gasteiger partial charge in [0.25, 0.3) is 0 Å². The summed E-state index contributed by atoms with van der Waals surface area (Å²) >= 11 is 11.7. The highest BCUT2D eigenvalue weighted by molar-refractivity contribution is 7.92. The summed E-state index contributed by atoms with van der Waals surface area (Å²) in [4.78, 5) is 5.75. The molecule has 1 fully saturated rings. The molecule has 3 rings (SSSR count). The fraction of sp³-hybridized carbons (Fsp3) is 0.353. The van der Waals surface area contributed by atoms with Crippen LogP contribution in [0.25, 0.3) is 0 Å². The zero-order chi connectivity index (χ0) is 19.8. The molecule has 1 aliphatic heterocycles. The maximum absolute atomic E-state index is 12.8. The van der Waals surface area contributed by atoms with Crippen LogP contribution in [-0.2, 0) is 16.0 Å². The molecule has 1 saturated heterocycles. The van der Waals surface area contributed by atoms with Crippen molar-refractivity contribution in [3.8, 4) is 0 Å². The zero-order valence-corrected chi connectivity index (χ0v) is 16.2. The van der Waals surface area contributed by atoms with Crippen molar-refractivity contribution in [1.29, 1.82) is 0 Å². The monoisotopic (exact) mass is 438 g/mol. The highest BCUT2D eigenvalue weighted by Gasteiger charge is 2.33. The number of anilines is 1. The Labute approximate surface area is 164 Å². The molecule has 0 saturated carbocycles. The minimum absolute atomic E-state index is 0.114. The van der Waals surface area contributed by atoms with Gasteiger partial charge in [-0.1, -0.05) is 23.2 Å². The van der Waals surface area contributed by atoms with Gasteiger partial charge in [0.1, 0.15) is 5.82 Å². The van der Waals surface area contributed by atoms with E-state index in [0.29, 0.717) is 31.7 Å². The van der Waals surface area contributed by atoms with E-state index >= 15 is 0 Å². The van der Waals surface area contributed by atoms with Gasteiger partial charge in [-0.25, -0.2) is 13.4 Å². The van der Waals surface area contributed by atoms with Gasteiger partial charge in [-0.2, -0.15) is 13.2 Å². The van der Waals surface area contributed by atoms with Crippen LogP contribution in [-0.4, -0.2) is 31.7 Å². The van der Waals surface area contributed by atoms with E-state index in [1.165, 1.54) is 24.3 Å². The van der Waals surface area contributed by atoms with E-state index in [-0.39, 0.29) is 14.9 Å². The topological polar surface area (TPSA) is 50.3 Å². The highest BCUT2D eigenvalue weighted by Crippen LogP contribution is 2.32. The fourth-order valence-electron chi connectivity index (χ4n) is 2.98. The van der Waals surface area contributed by atoms with Crippen LogP contribution in [0.5, 0.6) is 0 Å². The lowest BCUT2D eigenvalue weighted by atomic mass is 10.1. The average molecular weight is 439 g/mol. The minimum atomic E-state index is -4.44. The van der Waals surface area contributed by atoms with Crippen LogP contribution in [0.3, 0.4) is 0 Å². The molecule has 0 amide bonds. The number of piperidine rings is 1. The van der Waals surface area contributed by atoms with Crippen molar-refractivity contribution in [1.82, 2.24) is 4.98 Å². The number of nitrogens with zero attached hydrogens (tertiary/aromatic N) is 2. The lowest BCUT2D eigenvalue weighted by Gasteiger charge is -2.32. The van der Waals surface area contributed by atoms with E-state index in [1.807, 2.05) is 0 Å². The third kappa shape index (κ3) is 4.33. The standard InChI is InChI=1S/C17H15Cl2F3N2O2S/c18-14-3-2-13(9-15(14)19)27(25,26)12-5-7-24(8-6-12)16-4-1-11(10-23-16)17(20,21)22/h1-4,9-10,12H,5-8H2. The smallest absolute Gasteiger partial charge is 0.357 e. The Kier molecular flexibility index (Phi) is 5.61. The van der Waals surface area contributed by atoms with Crippen molar-refractivity contribution in [3.63, 3.8) is 0 Å². The number of aromatic nitrogens is 1. The Morgan fingerprint density at radius 3 is 2.22 bits per heavy atom. The van der Waals surface area contributed by atoms with Gasteiger partial charge in [0.05, 0.1) is 25.8 Å². The highest BCUT2D eigenvalue weighted by atomic mass is 35.5. The minimum Gasteiger partial charge on any atom is -0.357 e. The molecule has 0 unspecified atom stereocenters. The molecule has 0 atom stereocenters. The molecule has 2 aromatic rings. The molecule has 2 heterocycles. The van der Waals surface area contributed by atoms with Gasteiger partial charge >= 0.3 is 6.18 Å². The lowest BCUT2D eigenvalue weighted by Crippen LogP contribution is -2.39. The number of hydrogen-bond donors (Lipinski definition) is 0. The summed E-state index contributed by atoms with van der Waals surface area (Å²) in [6.45, 7) is 0.757. The molecule has 4 nitrogen and oxygen atoms in total. The van der Waals surface area contributed by atoms with E-state index in [0.717, 1.165) is 12.3 Å². The molecule has 0 bridgehead atoms. The number of sulfone groups is 1. The Hall–Kier alpha value is -1.51. The van der Waals surface area contributed by atoms with Crippen molar-refractivity contribution >= 4 is 38.9 Å². The Morgan fingerprint density at radius 1 is 1.04 bits per heavy atom. The Balaban J connectivity index is 1.70. The zero-order valence-electron chi connectivity index (χ0n) is 13.9. The molecule has 146 valence electrons. The average Bonchev–Trinajstić information content (AvgIpc) is 2.63. The van der Waals surface area contributed by atoms with Gasteiger partial charge in [-0.05, 0) is 43.2 Å². The molecule has 0 N–H and O–H groups in total. The van der Waals surface area contributed by atoms with Crippen molar-refractivity contribution in [2.24, 2.45) is 0 Å². The maximum Gasteiger partial charge on any atom is 0.417 e. The molecule has 1 aromatic heterocycles. The van der Waals surface area contributed by atoms with Crippen LogP contribution in [0.15, 0.2) is 41.4 Å². The normalized spacial score (nSPS) is 16.6. The summed E-state index contributed by atoms with van der Waals surface area (Å²) in [5.74, 6) is 0.397. The lowest BCUT2D eigenvalue weighted by molar-refractivity contribution is -0.137. The van der Waals surface area contributed by atoms with Gasteiger partial charge < -0.3 is 4.90 Å². The number of halogens is 5. The first kappa shape index (κ1) is 20.2. The molecular formula is C17H15Cl2F3N2O2S. The van der Waals surface area contributed by atoms with Gasteiger partial charge in [-0.3, -0.25) is 0 Å². The third-order valence-corrected chi connectivity index (χ3v) is 7.50. The molecule has 27 heavy (non-hydrogen) atoms. The first-order valence-electron chi connectivity index (χ1n) is 8.06. The molecule has 10 heteroatoms. The third-order valence-electron chi connectivity index (χ3n) is 4.50. The largest absolute Gasteiger partial charge is 0.417 e. The van der Waals surface area contributed by atoms with E-state index in [9.17, 15) is 21.6 Å². The van der Waals surface area contributed by atoms with Crippen LogP contribution >= 0.6 is 23.2 Å². The number of pyridine rings is 1. The van der Waals surface area contributed by atoms with E-state index < -0.39 is 26.8 Å². The fourth-order valence-corrected chi connectivity index (χ4v) is 5.10. The summed E-state index contributed by atoms with van der Waals surface area (Å²) in [5, 5.41) is -0.150. The van der Waals surface area contributed by atoms with Gasteiger partial charge in [0.15, 0.2) is 9.84 Å². The number of benzene rings is 1. The van der Waals surface area contributed by atoms with Crippen LogP contribution in [0, 0.1) is 0 Å². The van der Waals surface area contributed by atoms with Crippen molar-refractivity contribution in [2.45, 2.75) is 29.2 Å². The number of alkyl halides is 3. The first-order valence-corrected chi connectivity index (χ1v) is 10.4. The van der Waals surface area contributed by atoms with E-state index in [2.05, 4.69) is 4.98 Å². The Bertz CT molecular complexity index is 926. The molecular weight excluding hydrogens is 424 g/mol. The summed E-state index contributed by atoms with van der Waals surface area (Å²) in [5.41, 5.74) is -0.816. The first-order chi connectivity index (χ1) is 12.6. The van der Waals surface area contributed by atoms with Crippen LogP contribution in [0.4, 0.5) is 19.0 Å². The van der Waals surface area contributed by atoms with Crippen molar-refractivity contribution < 1.29 is 21.6 Å². The van der Waals surface area contributed by atoms with E-state index in [4.69, 9.17) is 23.2 Å². The predicted octanol–water partition coefficient (Wildman–Crippen LogP) is 4.85. The van der Waals surface area contributed by atoms with Crippen molar-refractivity contribution in [2.75, 3.05) is 18.0 Å². The predicted molar refractivity (Wildman–Crippen MR) is 98.1 cm³/mol. The Morgan fingerprint density at radius 2 is 1.70 bits per heavy atom. The van der Waals surface area contributed by atoms with Gasteiger partial charge in [0, 0.05) is 19.3 Å². The number of rotatable bonds is 3. The molecule has 1 aliphatic rings. The second-order valence-electron chi connectivity index (χ2n) is 6.21. The quantitative estimate of drug-likeness (QED) is 0.686. The molecule has 1 aromatic carbocycles. The molecule has 0 aliphatic carbocycles. The summed E-state index contributed by atoms with van der Waals surface area (Å²) in [6, 6.07) is 6.48. The van der Waals surface area contributed by atoms with Crippen LogP contribution < -0.4 is 4.90 Å². The van der Waals surface area contributed by atoms with Gasteiger partial charge in [0.2, 0.25) is 0 Å². The second kappa shape index (κ2) is 7.48. The van der Waals surface area contributed by atoms with Crippen LogP contribution in [0.2, 0.25) is 10.0 Å². The maximum atomic E-state index is 12.8. The summed E-state index contributed by atoms with van der Waals surface area (Å²) in [7, 11) is -3.57. The van der Waals surface area contributed by atoms with Gasteiger partial charge in [-0.15, -0.1) is 0 Å². The molecule has 0 radical (unpaired) electrons. The summed E-state index contributed by atoms with van der Waals surface area (Å²) < 4.78 is 63.4. The van der Waals surface area contributed by atoms with Crippen molar-refractivity contribution in [3.05, 3.63) is 52.1 Å². The number of hydrogen-bond acceptors (Lipinski definition) is 4. The second-order valence-corrected chi connectivity index (χ2v) is 9.25. The molecule has 0 spiro atoms. The summed E-state index contributed by atoms with van der Waals surface area (Å²) in [6.07, 6.45) is -2.98.